The van der Waals surface area contributed by atoms with E-state index in [4.69, 9.17) is 17.0 Å². The highest BCUT2D eigenvalue weighted by atomic mass is 32.1. The number of hydrogen-bond acceptors (Lipinski definition) is 3. The van der Waals surface area contributed by atoms with Gasteiger partial charge in [0.1, 0.15) is 11.8 Å². The summed E-state index contributed by atoms with van der Waals surface area (Å²) < 4.78 is 7.93. The second kappa shape index (κ2) is 5.43. The number of hydrogen-bond donors (Lipinski definition) is 1. The minimum Gasteiger partial charge on any atom is -0.494 e. The van der Waals surface area contributed by atoms with Crippen LogP contribution in [0, 0.1) is 16.1 Å². The predicted molar refractivity (Wildman–Crippen MR) is 84.3 cm³/mol. The zero-order valence-electron chi connectivity index (χ0n) is 11.5. The first-order chi connectivity index (χ1) is 10.2. The Morgan fingerprint density at radius 2 is 2.00 bits per heavy atom. The minimum absolute atomic E-state index is 0.567. The number of nitrogens with one attached hydrogen (secondary N) is 1. The number of fused-ring (bicyclic) bond motifs is 1. The number of imidazole rings is 1. The van der Waals surface area contributed by atoms with Gasteiger partial charge in [0.05, 0.1) is 23.2 Å². The van der Waals surface area contributed by atoms with Crippen molar-refractivity contribution in [1.29, 1.82) is 5.26 Å². The summed E-state index contributed by atoms with van der Waals surface area (Å²) in [5, 5.41) is 9.17. The molecule has 104 valence electrons. The molecule has 3 aromatic rings. The molecule has 4 nitrogen and oxygen atoms in total. The molecule has 0 amide bonds. The van der Waals surface area contributed by atoms with Crippen LogP contribution < -0.4 is 4.74 Å². The number of H-pyrrole nitrogens is 1. The van der Waals surface area contributed by atoms with E-state index in [1.165, 1.54) is 0 Å². The zero-order valence-corrected chi connectivity index (χ0v) is 12.3. The Hall–Kier alpha value is -2.58. The average Bonchev–Trinajstić information content (AvgIpc) is 2.84. The predicted octanol–water partition coefficient (Wildman–Crippen LogP) is 3.96. The van der Waals surface area contributed by atoms with E-state index in [2.05, 4.69) is 11.1 Å². The number of aromatic nitrogens is 2. The van der Waals surface area contributed by atoms with Crippen LogP contribution in [0.25, 0.3) is 16.7 Å². The quantitative estimate of drug-likeness (QED) is 0.744. The molecule has 1 aromatic heterocycles. The molecule has 5 heteroatoms. The Morgan fingerprint density at radius 3 is 2.67 bits per heavy atom. The van der Waals surface area contributed by atoms with Gasteiger partial charge in [-0.05, 0) is 55.5 Å². The van der Waals surface area contributed by atoms with Gasteiger partial charge in [0.25, 0.3) is 0 Å². The molecule has 21 heavy (non-hydrogen) atoms. The summed E-state index contributed by atoms with van der Waals surface area (Å²) in [5.41, 5.74) is 3.18. The minimum atomic E-state index is 0.567. The molecular formula is C16H13N3OS. The van der Waals surface area contributed by atoms with Crippen LogP contribution >= 0.6 is 12.2 Å². The fraction of sp³-hybridized carbons (Fsp3) is 0.125. The molecule has 3 rings (SSSR count). The summed E-state index contributed by atoms with van der Waals surface area (Å²) in [6.07, 6.45) is 0. The summed E-state index contributed by atoms with van der Waals surface area (Å²) in [6, 6.07) is 15.5. The molecule has 0 radical (unpaired) electrons. The Balaban J connectivity index is 2.19. The second-order valence-corrected chi connectivity index (χ2v) is 4.89. The Bertz CT molecular complexity index is 885. The van der Waals surface area contributed by atoms with E-state index in [-0.39, 0.29) is 0 Å². The number of nitriles is 1. The van der Waals surface area contributed by atoms with E-state index in [9.17, 15) is 5.26 Å². The van der Waals surface area contributed by atoms with Crippen LogP contribution in [0.3, 0.4) is 0 Å². The molecule has 0 saturated heterocycles. The van der Waals surface area contributed by atoms with Gasteiger partial charge in [-0.1, -0.05) is 6.07 Å². The van der Waals surface area contributed by atoms with Crippen LogP contribution in [0.1, 0.15) is 12.5 Å². The first-order valence-electron chi connectivity index (χ1n) is 6.61. The highest BCUT2D eigenvalue weighted by Crippen LogP contribution is 2.23. The van der Waals surface area contributed by atoms with Crippen LogP contribution in [-0.2, 0) is 0 Å². The first kappa shape index (κ1) is 13.4. The maximum absolute atomic E-state index is 9.17. The molecule has 0 spiro atoms. The normalized spacial score (nSPS) is 10.5. The van der Waals surface area contributed by atoms with E-state index in [0.29, 0.717) is 16.9 Å². The maximum Gasteiger partial charge on any atom is 0.182 e. The van der Waals surface area contributed by atoms with Gasteiger partial charge in [0.2, 0.25) is 0 Å². The molecule has 1 heterocycles. The van der Waals surface area contributed by atoms with E-state index in [1.54, 1.807) is 6.07 Å². The van der Waals surface area contributed by atoms with Gasteiger partial charge in [-0.15, -0.1) is 0 Å². The lowest BCUT2D eigenvalue weighted by Gasteiger charge is -2.07. The van der Waals surface area contributed by atoms with E-state index >= 15 is 0 Å². The Morgan fingerprint density at radius 1 is 1.24 bits per heavy atom. The molecule has 0 unspecified atom stereocenters. The monoisotopic (exact) mass is 295 g/mol. The lowest BCUT2D eigenvalue weighted by molar-refractivity contribution is 0.340. The van der Waals surface area contributed by atoms with Crippen molar-refractivity contribution in [2.24, 2.45) is 0 Å². The molecule has 0 bridgehead atoms. The number of para-hydroxylation sites is 1. The van der Waals surface area contributed by atoms with Gasteiger partial charge in [-0.3, -0.25) is 4.57 Å². The number of ether oxygens (including phenoxy) is 1. The summed E-state index contributed by atoms with van der Waals surface area (Å²) >= 11 is 5.39. The van der Waals surface area contributed by atoms with Gasteiger partial charge < -0.3 is 9.72 Å². The molecule has 0 atom stereocenters. The molecule has 0 saturated carbocycles. The van der Waals surface area contributed by atoms with Crippen molar-refractivity contribution in [3.8, 4) is 17.5 Å². The fourth-order valence-electron chi connectivity index (χ4n) is 2.34. The molecule has 0 aliphatic carbocycles. The second-order valence-electron chi connectivity index (χ2n) is 4.50. The van der Waals surface area contributed by atoms with Crippen molar-refractivity contribution in [2.45, 2.75) is 6.92 Å². The van der Waals surface area contributed by atoms with Crippen molar-refractivity contribution in [1.82, 2.24) is 9.55 Å². The van der Waals surface area contributed by atoms with Crippen LogP contribution in [0.15, 0.2) is 42.5 Å². The van der Waals surface area contributed by atoms with E-state index in [1.807, 2.05) is 47.9 Å². The zero-order chi connectivity index (χ0) is 14.8. The average molecular weight is 295 g/mol. The number of aromatic amines is 1. The third-order valence-electron chi connectivity index (χ3n) is 3.24. The van der Waals surface area contributed by atoms with Crippen molar-refractivity contribution in [3.63, 3.8) is 0 Å². The van der Waals surface area contributed by atoms with E-state index < -0.39 is 0 Å². The lowest BCUT2D eigenvalue weighted by Crippen LogP contribution is -1.95. The summed E-state index contributed by atoms with van der Waals surface area (Å²) in [6.45, 7) is 2.59. The van der Waals surface area contributed by atoms with Crippen molar-refractivity contribution >= 4 is 23.3 Å². The third-order valence-corrected chi connectivity index (χ3v) is 3.53. The number of nitrogens with zero attached hydrogens (tertiary/aromatic N) is 2. The highest BCUT2D eigenvalue weighted by molar-refractivity contribution is 7.71. The molecule has 0 fully saturated rings. The molecule has 1 N–H and O–H groups in total. The molecule has 2 aromatic carbocycles. The first-order valence-corrected chi connectivity index (χ1v) is 7.02. The Labute approximate surface area is 127 Å². The molecule has 0 aliphatic heterocycles. The molecule has 0 aliphatic rings. The van der Waals surface area contributed by atoms with Crippen molar-refractivity contribution in [3.05, 3.63) is 52.8 Å². The van der Waals surface area contributed by atoms with Crippen molar-refractivity contribution < 1.29 is 4.74 Å². The summed E-state index contributed by atoms with van der Waals surface area (Å²) in [4.78, 5) is 3.11. The Kier molecular flexibility index (Phi) is 3.46. The standard InChI is InChI=1S/C16H13N3OS/c1-2-20-13-8-6-12(7-9-13)19-14-5-3-4-11(10-17)15(14)18-16(19)21/h3-9H,2H2,1H3,(H,18,21). The fourth-order valence-corrected chi connectivity index (χ4v) is 2.64. The van der Waals surface area contributed by atoms with Gasteiger partial charge >= 0.3 is 0 Å². The largest absolute Gasteiger partial charge is 0.494 e. The third kappa shape index (κ3) is 2.30. The van der Waals surface area contributed by atoms with Gasteiger partial charge in [-0.25, -0.2) is 0 Å². The summed E-state index contributed by atoms with van der Waals surface area (Å²) in [5.74, 6) is 0.824. The summed E-state index contributed by atoms with van der Waals surface area (Å²) in [7, 11) is 0. The topological polar surface area (TPSA) is 53.7 Å². The molecular weight excluding hydrogens is 282 g/mol. The maximum atomic E-state index is 9.17. The van der Waals surface area contributed by atoms with Crippen LogP contribution in [0.5, 0.6) is 5.75 Å². The van der Waals surface area contributed by atoms with E-state index in [0.717, 1.165) is 22.5 Å². The van der Waals surface area contributed by atoms with Gasteiger partial charge in [0, 0.05) is 5.69 Å². The van der Waals surface area contributed by atoms with Gasteiger partial charge in [-0.2, -0.15) is 5.26 Å². The number of rotatable bonds is 3. The van der Waals surface area contributed by atoms with Crippen molar-refractivity contribution in [2.75, 3.05) is 6.61 Å². The lowest BCUT2D eigenvalue weighted by atomic mass is 10.2. The van der Waals surface area contributed by atoms with Crippen LogP contribution in [0.2, 0.25) is 0 Å². The SMILES string of the molecule is CCOc1ccc(-n2c(=S)[nH]c3c(C#N)cccc32)cc1. The number of benzene rings is 2. The highest BCUT2D eigenvalue weighted by Gasteiger charge is 2.09. The van der Waals surface area contributed by atoms with Crippen LogP contribution in [0.4, 0.5) is 0 Å². The van der Waals surface area contributed by atoms with Gasteiger partial charge in [0.15, 0.2) is 4.77 Å². The smallest absolute Gasteiger partial charge is 0.182 e. The van der Waals surface area contributed by atoms with Crippen LogP contribution in [-0.4, -0.2) is 16.2 Å².